The average Bonchev–Trinajstić information content (AvgIpc) is 2.66. The van der Waals surface area contributed by atoms with Crippen LogP contribution < -0.4 is 5.32 Å². The van der Waals surface area contributed by atoms with E-state index in [0.717, 1.165) is 0 Å². The van der Waals surface area contributed by atoms with E-state index in [1.807, 2.05) is 22.6 Å². The highest BCUT2D eigenvalue weighted by molar-refractivity contribution is 14.1. The summed E-state index contributed by atoms with van der Waals surface area (Å²) in [5.41, 5.74) is 0.604. The van der Waals surface area contributed by atoms with Crippen molar-refractivity contribution in [3.63, 3.8) is 0 Å². The quantitative estimate of drug-likeness (QED) is 0.727. The number of hydrogen-bond acceptors (Lipinski definition) is 1. The molecule has 0 unspecified atom stereocenters. The highest BCUT2D eigenvalue weighted by Gasteiger charge is 2.14. The van der Waals surface area contributed by atoms with Crippen LogP contribution in [0, 0.1) is 9.39 Å². The number of carbonyl (C=O) groups excluding carboxylic acids is 1. The fourth-order valence-corrected chi connectivity index (χ4v) is 2.12. The molecule has 0 fully saturated rings. The van der Waals surface area contributed by atoms with Crippen LogP contribution in [0.4, 0.5) is 10.1 Å². The van der Waals surface area contributed by atoms with Gasteiger partial charge in [-0.15, -0.1) is 0 Å². The summed E-state index contributed by atoms with van der Waals surface area (Å²) in [6.45, 7) is 0. The molecule has 2 aromatic rings. The van der Waals surface area contributed by atoms with E-state index in [-0.39, 0.29) is 15.9 Å². The van der Waals surface area contributed by atoms with Crippen LogP contribution in [0.25, 0.3) is 0 Å². The van der Waals surface area contributed by atoms with Crippen molar-refractivity contribution in [1.29, 1.82) is 0 Å². The monoisotopic (exact) mass is 398 g/mol. The molecule has 1 aromatic heterocycles. The van der Waals surface area contributed by atoms with E-state index in [4.69, 9.17) is 23.2 Å². The van der Waals surface area contributed by atoms with E-state index in [1.165, 1.54) is 18.2 Å². The molecule has 94 valence electrons. The Labute approximate surface area is 126 Å². The molecular formula is C11H6Cl2FIN2O. The molecule has 0 aliphatic heterocycles. The second-order valence-electron chi connectivity index (χ2n) is 3.40. The molecule has 0 aliphatic carbocycles. The Kier molecular flexibility index (Phi) is 4.14. The Hall–Kier alpha value is -0.790. The summed E-state index contributed by atoms with van der Waals surface area (Å²) in [4.78, 5) is 14.5. The third-order valence-corrected chi connectivity index (χ3v) is 3.96. The Morgan fingerprint density at radius 3 is 2.72 bits per heavy atom. The molecule has 1 aromatic carbocycles. The molecule has 0 bridgehead atoms. The first-order valence-electron chi connectivity index (χ1n) is 4.78. The summed E-state index contributed by atoms with van der Waals surface area (Å²) in [5.74, 6) is -0.830. The maximum atomic E-state index is 13.3. The van der Waals surface area contributed by atoms with Crippen molar-refractivity contribution in [3.8, 4) is 0 Å². The molecule has 2 rings (SSSR count). The minimum Gasteiger partial charge on any atom is -0.340 e. The second-order valence-corrected chi connectivity index (χ2v) is 5.26. The van der Waals surface area contributed by atoms with Gasteiger partial charge in [0.25, 0.3) is 5.91 Å². The minimum absolute atomic E-state index is 0.191. The summed E-state index contributed by atoms with van der Waals surface area (Å²) in [6, 6.07) is 5.85. The van der Waals surface area contributed by atoms with E-state index >= 15 is 0 Å². The highest BCUT2D eigenvalue weighted by atomic mass is 127. The number of benzene rings is 1. The van der Waals surface area contributed by atoms with Gasteiger partial charge in [-0.1, -0.05) is 29.3 Å². The topological polar surface area (TPSA) is 44.9 Å². The molecular weight excluding hydrogens is 393 g/mol. The largest absolute Gasteiger partial charge is 0.340 e. The van der Waals surface area contributed by atoms with Gasteiger partial charge >= 0.3 is 0 Å². The fourth-order valence-electron chi connectivity index (χ4n) is 1.32. The first-order chi connectivity index (χ1) is 8.49. The van der Waals surface area contributed by atoms with Crippen molar-refractivity contribution in [3.05, 3.63) is 49.5 Å². The maximum Gasteiger partial charge on any atom is 0.272 e. The van der Waals surface area contributed by atoms with Crippen LogP contribution in [0.15, 0.2) is 24.3 Å². The van der Waals surface area contributed by atoms with Crippen molar-refractivity contribution >= 4 is 57.4 Å². The first kappa shape index (κ1) is 13.6. The molecule has 7 heteroatoms. The van der Waals surface area contributed by atoms with Gasteiger partial charge in [0.2, 0.25) is 0 Å². The lowest BCUT2D eigenvalue weighted by atomic mass is 10.3. The van der Waals surface area contributed by atoms with E-state index in [9.17, 15) is 9.18 Å². The smallest absolute Gasteiger partial charge is 0.272 e. The SMILES string of the molecule is O=C(Nc1cccc(F)c1I)c1cc(Cl)c(Cl)[nH]1. The number of aromatic amines is 1. The molecule has 1 heterocycles. The lowest BCUT2D eigenvalue weighted by Gasteiger charge is -2.06. The highest BCUT2D eigenvalue weighted by Crippen LogP contribution is 2.24. The van der Waals surface area contributed by atoms with Crippen LogP contribution in [0.2, 0.25) is 10.2 Å². The predicted octanol–water partition coefficient (Wildman–Crippen LogP) is 4.32. The zero-order valence-corrected chi connectivity index (χ0v) is 12.4. The lowest BCUT2D eigenvalue weighted by Crippen LogP contribution is -2.13. The van der Waals surface area contributed by atoms with Gasteiger partial charge in [-0.05, 0) is 40.8 Å². The molecule has 0 spiro atoms. The van der Waals surface area contributed by atoms with Crippen LogP contribution in [-0.2, 0) is 0 Å². The third-order valence-electron chi connectivity index (χ3n) is 2.17. The van der Waals surface area contributed by atoms with Crippen molar-refractivity contribution < 1.29 is 9.18 Å². The Morgan fingerprint density at radius 2 is 2.11 bits per heavy atom. The van der Waals surface area contributed by atoms with Crippen LogP contribution in [0.3, 0.4) is 0 Å². The van der Waals surface area contributed by atoms with Crippen molar-refractivity contribution in [2.45, 2.75) is 0 Å². The molecule has 0 saturated heterocycles. The minimum atomic E-state index is -0.438. The number of aromatic nitrogens is 1. The molecule has 0 radical (unpaired) electrons. The third kappa shape index (κ3) is 2.78. The van der Waals surface area contributed by atoms with E-state index in [0.29, 0.717) is 9.26 Å². The predicted molar refractivity (Wildman–Crippen MR) is 77.9 cm³/mol. The normalized spacial score (nSPS) is 10.4. The van der Waals surface area contributed by atoms with Gasteiger partial charge in [0.05, 0.1) is 14.3 Å². The van der Waals surface area contributed by atoms with E-state index in [1.54, 1.807) is 6.07 Å². The summed E-state index contributed by atoms with van der Waals surface area (Å²) >= 11 is 13.2. The number of halogens is 4. The molecule has 0 saturated carbocycles. The molecule has 18 heavy (non-hydrogen) atoms. The van der Waals surface area contributed by atoms with Gasteiger partial charge in [-0.2, -0.15) is 0 Å². The van der Waals surface area contributed by atoms with Gasteiger partial charge in [-0.25, -0.2) is 4.39 Å². The Balaban J connectivity index is 2.24. The Bertz CT molecular complexity index is 596. The number of nitrogens with one attached hydrogen (secondary N) is 2. The van der Waals surface area contributed by atoms with Gasteiger partial charge in [0.1, 0.15) is 16.7 Å². The fraction of sp³-hybridized carbons (Fsp3) is 0. The maximum absolute atomic E-state index is 13.3. The van der Waals surface area contributed by atoms with Gasteiger partial charge in [0.15, 0.2) is 0 Å². The van der Waals surface area contributed by atoms with Crippen LogP contribution in [-0.4, -0.2) is 10.9 Å². The summed E-state index contributed by atoms with van der Waals surface area (Å²) in [7, 11) is 0. The number of rotatable bonds is 2. The number of carbonyl (C=O) groups is 1. The van der Waals surface area contributed by atoms with Gasteiger partial charge < -0.3 is 10.3 Å². The molecule has 0 atom stereocenters. The van der Waals surface area contributed by atoms with E-state index in [2.05, 4.69) is 10.3 Å². The number of hydrogen-bond donors (Lipinski definition) is 2. The molecule has 0 aliphatic rings. The lowest BCUT2D eigenvalue weighted by molar-refractivity contribution is 0.102. The van der Waals surface area contributed by atoms with E-state index < -0.39 is 11.7 Å². The molecule has 2 N–H and O–H groups in total. The number of H-pyrrole nitrogens is 1. The van der Waals surface area contributed by atoms with Gasteiger partial charge in [-0.3, -0.25) is 4.79 Å². The number of amides is 1. The Morgan fingerprint density at radius 1 is 1.39 bits per heavy atom. The summed E-state index contributed by atoms with van der Waals surface area (Å²) < 4.78 is 13.6. The van der Waals surface area contributed by atoms with Crippen LogP contribution >= 0.6 is 45.8 Å². The number of anilines is 1. The van der Waals surface area contributed by atoms with Crippen molar-refractivity contribution in [2.75, 3.05) is 5.32 Å². The summed E-state index contributed by atoms with van der Waals surface area (Å²) in [5, 5.41) is 3.02. The average molecular weight is 399 g/mol. The first-order valence-corrected chi connectivity index (χ1v) is 6.62. The van der Waals surface area contributed by atoms with Crippen molar-refractivity contribution in [2.24, 2.45) is 0 Å². The molecule has 1 amide bonds. The van der Waals surface area contributed by atoms with Gasteiger partial charge in [0, 0.05) is 0 Å². The van der Waals surface area contributed by atoms with Crippen LogP contribution in [0.1, 0.15) is 10.5 Å². The van der Waals surface area contributed by atoms with Crippen LogP contribution in [0.5, 0.6) is 0 Å². The zero-order valence-electron chi connectivity index (χ0n) is 8.73. The molecule has 3 nitrogen and oxygen atoms in total. The van der Waals surface area contributed by atoms with Crippen molar-refractivity contribution in [1.82, 2.24) is 4.98 Å². The summed E-state index contributed by atoms with van der Waals surface area (Å²) in [6.07, 6.45) is 0. The standard InChI is InChI=1S/C11H6Cl2FIN2O/c12-5-4-8(16-10(5)13)11(18)17-7-3-1-2-6(14)9(7)15/h1-4,16H,(H,17,18). The second kappa shape index (κ2) is 5.46. The zero-order chi connectivity index (χ0) is 13.3.